The van der Waals surface area contributed by atoms with E-state index in [1.54, 1.807) is 0 Å². The molecule has 1 N–H and O–H groups in total. The number of ether oxygens (including phenoxy) is 1. The van der Waals surface area contributed by atoms with E-state index in [0.29, 0.717) is 5.54 Å². The molecule has 2 heteroatoms. The summed E-state index contributed by atoms with van der Waals surface area (Å²) in [6.07, 6.45) is 3.90. The number of nitrogens with one attached hydrogen (secondary N) is 1. The molecule has 0 amide bonds. The number of hydrogen-bond donors (Lipinski definition) is 1. The average molecular weight is 127 g/mol. The Morgan fingerprint density at radius 1 is 1.33 bits per heavy atom. The summed E-state index contributed by atoms with van der Waals surface area (Å²) in [7, 11) is 0. The second kappa shape index (κ2) is 1.96. The zero-order valence-electron chi connectivity index (χ0n) is 5.65. The van der Waals surface area contributed by atoms with Crippen LogP contribution in [0.4, 0.5) is 0 Å². The van der Waals surface area contributed by atoms with Crippen molar-refractivity contribution in [2.45, 2.75) is 24.8 Å². The predicted molar refractivity (Wildman–Crippen MR) is 35.4 cm³/mol. The normalized spacial score (nSPS) is 42.7. The van der Waals surface area contributed by atoms with Crippen LogP contribution in [0.2, 0.25) is 0 Å². The maximum atomic E-state index is 5.36. The Bertz CT molecular complexity index is 101. The van der Waals surface area contributed by atoms with E-state index in [9.17, 15) is 0 Å². The lowest BCUT2D eigenvalue weighted by molar-refractivity contribution is -0.0113. The Kier molecular flexibility index (Phi) is 1.24. The van der Waals surface area contributed by atoms with Crippen LogP contribution < -0.4 is 5.32 Å². The average Bonchev–Trinajstić information content (AvgIpc) is 1.87. The van der Waals surface area contributed by atoms with Gasteiger partial charge in [-0.05, 0) is 25.8 Å². The van der Waals surface area contributed by atoms with Gasteiger partial charge in [-0.2, -0.15) is 0 Å². The fourth-order valence-corrected chi connectivity index (χ4v) is 1.67. The van der Waals surface area contributed by atoms with Gasteiger partial charge in [-0.25, -0.2) is 0 Å². The van der Waals surface area contributed by atoms with Crippen molar-refractivity contribution in [1.82, 2.24) is 5.32 Å². The van der Waals surface area contributed by atoms with Gasteiger partial charge < -0.3 is 10.1 Å². The Labute approximate surface area is 55.6 Å². The fourth-order valence-electron chi connectivity index (χ4n) is 1.67. The Morgan fingerprint density at radius 3 is 2.56 bits per heavy atom. The van der Waals surface area contributed by atoms with Crippen molar-refractivity contribution in [3.8, 4) is 0 Å². The van der Waals surface area contributed by atoms with E-state index in [-0.39, 0.29) is 0 Å². The van der Waals surface area contributed by atoms with Gasteiger partial charge in [-0.1, -0.05) is 0 Å². The van der Waals surface area contributed by atoms with E-state index in [1.807, 2.05) is 0 Å². The van der Waals surface area contributed by atoms with E-state index in [4.69, 9.17) is 4.74 Å². The fraction of sp³-hybridized carbons (Fsp3) is 1.00. The van der Waals surface area contributed by atoms with E-state index in [2.05, 4.69) is 5.32 Å². The number of rotatable bonds is 0. The minimum absolute atomic E-state index is 0.429. The maximum Gasteiger partial charge on any atom is 0.0648 e. The van der Waals surface area contributed by atoms with Crippen molar-refractivity contribution in [2.75, 3.05) is 19.8 Å². The predicted octanol–water partition coefficient (Wildman–Crippen LogP) is 0.529. The second-order valence-electron chi connectivity index (χ2n) is 3.11. The highest BCUT2D eigenvalue weighted by atomic mass is 16.5. The van der Waals surface area contributed by atoms with Gasteiger partial charge in [0.25, 0.3) is 0 Å². The third-order valence-electron chi connectivity index (χ3n) is 2.43. The van der Waals surface area contributed by atoms with Crippen molar-refractivity contribution < 1.29 is 4.74 Å². The highest BCUT2D eigenvalue weighted by Gasteiger charge is 2.37. The van der Waals surface area contributed by atoms with Crippen LogP contribution in [-0.2, 0) is 4.74 Å². The molecule has 2 aliphatic heterocycles. The van der Waals surface area contributed by atoms with Gasteiger partial charge in [0.05, 0.1) is 6.61 Å². The van der Waals surface area contributed by atoms with Gasteiger partial charge in [0.2, 0.25) is 0 Å². The molecular weight excluding hydrogens is 114 g/mol. The first-order valence-electron chi connectivity index (χ1n) is 3.74. The van der Waals surface area contributed by atoms with Crippen molar-refractivity contribution in [3.05, 3.63) is 0 Å². The summed E-state index contributed by atoms with van der Waals surface area (Å²) in [6.45, 7) is 3.12. The first kappa shape index (κ1) is 5.69. The monoisotopic (exact) mass is 127 g/mol. The van der Waals surface area contributed by atoms with Crippen LogP contribution in [0.15, 0.2) is 0 Å². The lowest BCUT2D eigenvalue weighted by atomic mass is 9.83. The van der Waals surface area contributed by atoms with Crippen molar-refractivity contribution >= 4 is 0 Å². The van der Waals surface area contributed by atoms with Gasteiger partial charge in [-0.3, -0.25) is 0 Å². The Balaban J connectivity index is 1.93. The van der Waals surface area contributed by atoms with Crippen LogP contribution in [0.3, 0.4) is 0 Å². The largest absolute Gasteiger partial charge is 0.380 e. The van der Waals surface area contributed by atoms with Crippen molar-refractivity contribution in [3.63, 3.8) is 0 Å². The first-order chi connectivity index (χ1) is 4.41. The van der Waals surface area contributed by atoms with E-state index >= 15 is 0 Å². The number of hydrogen-bond acceptors (Lipinski definition) is 2. The highest BCUT2D eigenvalue weighted by Crippen LogP contribution is 2.27. The molecule has 2 rings (SSSR count). The minimum atomic E-state index is 0.429. The SMILES string of the molecule is C1COC[C@@]2(C1)CCN2. The standard InChI is InChI=1S/C7H13NO/c1-2-7(3-4-8-7)6-9-5-1/h8H,1-6H2/t7-/m1/s1. The molecule has 0 aromatic carbocycles. The molecule has 1 atom stereocenters. The third-order valence-corrected chi connectivity index (χ3v) is 2.43. The summed E-state index contributed by atoms with van der Waals surface area (Å²) in [4.78, 5) is 0. The van der Waals surface area contributed by atoms with Crippen LogP contribution in [0, 0.1) is 0 Å². The lowest BCUT2D eigenvalue weighted by Gasteiger charge is -2.45. The maximum absolute atomic E-state index is 5.36. The van der Waals surface area contributed by atoms with Gasteiger partial charge in [-0.15, -0.1) is 0 Å². The van der Waals surface area contributed by atoms with E-state index in [1.165, 1.54) is 25.8 Å². The van der Waals surface area contributed by atoms with Crippen LogP contribution in [-0.4, -0.2) is 25.3 Å². The first-order valence-corrected chi connectivity index (χ1v) is 3.74. The minimum Gasteiger partial charge on any atom is -0.380 e. The molecule has 0 radical (unpaired) electrons. The summed E-state index contributed by atoms with van der Waals surface area (Å²) >= 11 is 0. The summed E-state index contributed by atoms with van der Waals surface area (Å²) in [5.74, 6) is 0. The molecule has 0 aliphatic carbocycles. The molecule has 0 unspecified atom stereocenters. The van der Waals surface area contributed by atoms with Gasteiger partial charge in [0.1, 0.15) is 0 Å². The van der Waals surface area contributed by atoms with Crippen molar-refractivity contribution in [1.29, 1.82) is 0 Å². The van der Waals surface area contributed by atoms with Gasteiger partial charge in [0.15, 0.2) is 0 Å². The zero-order chi connectivity index (χ0) is 6.16. The van der Waals surface area contributed by atoms with Gasteiger partial charge >= 0.3 is 0 Å². The molecule has 0 bridgehead atoms. The molecule has 2 saturated heterocycles. The summed E-state index contributed by atoms with van der Waals surface area (Å²) in [6, 6.07) is 0. The molecular formula is C7H13NO. The molecule has 2 aliphatic rings. The third kappa shape index (κ3) is 0.864. The smallest absolute Gasteiger partial charge is 0.0648 e. The molecule has 0 saturated carbocycles. The van der Waals surface area contributed by atoms with E-state index < -0.39 is 0 Å². The molecule has 0 aromatic heterocycles. The van der Waals surface area contributed by atoms with Crippen molar-refractivity contribution in [2.24, 2.45) is 0 Å². The Morgan fingerprint density at radius 2 is 2.22 bits per heavy atom. The second-order valence-corrected chi connectivity index (χ2v) is 3.11. The molecule has 9 heavy (non-hydrogen) atoms. The van der Waals surface area contributed by atoms with Crippen LogP contribution >= 0.6 is 0 Å². The lowest BCUT2D eigenvalue weighted by Crippen LogP contribution is -2.61. The van der Waals surface area contributed by atoms with Gasteiger partial charge in [0, 0.05) is 12.1 Å². The van der Waals surface area contributed by atoms with Crippen LogP contribution in [0.5, 0.6) is 0 Å². The molecule has 1 spiro atoms. The summed E-state index contributed by atoms with van der Waals surface area (Å²) in [5, 5.41) is 3.44. The molecule has 0 aromatic rings. The molecule has 2 heterocycles. The Hall–Kier alpha value is -0.0800. The van der Waals surface area contributed by atoms with Crippen LogP contribution in [0.1, 0.15) is 19.3 Å². The summed E-state index contributed by atoms with van der Waals surface area (Å²) < 4.78 is 5.36. The molecule has 52 valence electrons. The molecule has 2 nitrogen and oxygen atoms in total. The van der Waals surface area contributed by atoms with E-state index in [0.717, 1.165) is 13.2 Å². The highest BCUT2D eigenvalue weighted by molar-refractivity contribution is 4.97. The molecule has 2 fully saturated rings. The topological polar surface area (TPSA) is 21.3 Å². The van der Waals surface area contributed by atoms with Crippen LogP contribution in [0.25, 0.3) is 0 Å². The quantitative estimate of drug-likeness (QED) is 0.512. The summed E-state index contributed by atoms with van der Waals surface area (Å²) in [5.41, 5.74) is 0.429. The zero-order valence-corrected chi connectivity index (χ0v) is 5.65.